The monoisotopic (exact) mass is 277 g/mol. The summed E-state index contributed by atoms with van der Waals surface area (Å²) in [6, 6.07) is 3.23. The second-order valence-electron chi connectivity index (χ2n) is 4.18. The number of nitrogens with two attached hydrogens (primary N) is 1. The lowest BCUT2D eigenvalue weighted by molar-refractivity contribution is -0.137. The molecule has 6 heteroatoms. The molecule has 0 saturated carbocycles. The average molecular weight is 277 g/mol. The van der Waals surface area contributed by atoms with Crippen molar-refractivity contribution in [1.82, 2.24) is 0 Å². The van der Waals surface area contributed by atoms with Crippen molar-refractivity contribution in [2.75, 3.05) is 17.2 Å². The molecule has 1 aromatic rings. The van der Waals surface area contributed by atoms with Gasteiger partial charge in [0, 0.05) is 0 Å². The minimum atomic E-state index is -4.37. The summed E-state index contributed by atoms with van der Waals surface area (Å²) >= 11 is 1.86. The minimum Gasteiger partial charge on any atom is -0.488 e. The lowest BCUT2D eigenvalue weighted by atomic mass is 10.1. The van der Waals surface area contributed by atoms with Gasteiger partial charge in [-0.05, 0) is 42.5 Å². The van der Waals surface area contributed by atoms with E-state index in [2.05, 4.69) is 0 Å². The molecule has 0 atom stereocenters. The van der Waals surface area contributed by atoms with Crippen LogP contribution in [-0.2, 0) is 6.18 Å². The standard InChI is InChI=1S/C12H14F3NOS/c13-12(14,15)8-1-2-11(10(16)7-8)17-9-3-5-18-6-4-9/h1-2,7,9H,3-6,16H2. The fourth-order valence-electron chi connectivity index (χ4n) is 1.81. The van der Waals surface area contributed by atoms with Gasteiger partial charge in [0.25, 0.3) is 0 Å². The first-order valence-electron chi connectivity index (χ1n) is 5.68. The van der Waals surface area contributed by atoms with E-state index in [0.717, 1.165) is 36.5 Å². The molecule has 1 aliphatic heterocycles. The molecule has 0 aliphatic carbocycles. The van der Waals surface area contributed by atoms with E-state index in [1.165, 1.54) is 6.07 Å². The smallest absolute Gasteiger partial charge is 0.416 e. The highest BCUT2D eigenvalue weighted by Crippen LogP contribution is 2.34. The molecule has 1 aromatic carbocycles. The Morgan fingerprint density at radius 1 is 1.22 bits per heavy atom. The van der Waals surface area contributed by atoms with Crippen molar-refractivity contribution in [3.05, 3.63) is 23.8 Å². The molecule has 18 heavy (non-hydrogen) atoms. The number of hydrogen-bond donors (Lipinski definition) is 1. The third-order valence-corrected chi connectivity index (χ3v) is 3.85. The normalized spacial score (nSPS) is 17.7. The lowest BCUT2D eigenvalue weighted by Gasteiger charge is -2.23. The van der Waals surface area contributed by atoms with Crippen molar-refractivity contribution in [1.29, 1.82) is 0 Å². The van der Waals surface area contributed by atoms with Crippen molar-refractivity contribution in [2.45, 2.75) is 25.1 Å². The summed E-state index contributed by atoms with van der Waals surface area (Å²) in [6.45, 7) is 0. The van der Waals surface area contributed by atoms with Crippen molar-refractivity contribution in [2.24, 2.45) is 0 Å². The molecule has 0 bridgehead atoms. The molecular weight excluding hydrogens is 263 g/mol. The number of alkyl halides is 3. The van der Waals surface area contributed by atoms with Crippen LogP contribution in [0.2, 0.25) is 0 Å². The second kappa shape index (κ2) is 5.30. The molecule has 1 saturated heterocycles. The van der Waals surface area contributed by atoms with Gasteiger partial charge in [-0.25, -0.2) is 0 Å². The van der Waals surface area contributed by atoms with Gasteiger partial charge in [-0.3, -0.25) is 0 Å². The van der Waals surface area contributed by atoms with Gasteiger partial charge >= 0.3 is 6.18 Å². The van der Waals surface area contributed by atoms with Crippen LogP contribution in [0, 0.1) is 0 Å². The summed E-state index contributed by atoms with van der Waals surface area (Å²) in [4.78, 5) is 0. The fourth-order valence-corrected chi connectivity index (χ4v) is 2.87. The Morgan fingerprint density at radius 3 is 2.44 bits per heavy atom. The zero-order valence-corrected chi connectivity index (χ0v) is 10.5. The highest BCUT2D eigenvalue weighted by molar-refractivity contribution is 7.99. The van der Waals surface area contributed by atoms with Crippen molar-refractivity contribution < 1.29 is 17.9 Å². The molecular formula is C12H14F3NOS. The third kappa shape index (κ3) is 3.25. The quantitative estimate of drug-likeness (QED) is 0.839. The van der Waals surface area contributed by atoms with Gasteiger partial charge in [0.15, 0.2) is 0 Å². The summed E-state index contributed by atoms with van der Waals surface area (Å²) < 4.78 is 43.0. The van der Waals surface area contributed by atoms with Crippen LogP contribution in [0.5, 0.6) is 5.75 Å². The molecule has 0 aromatic heterocycles. The number of rotatable bonds is 2. The molecule has 0 amide bonds. The van der Waals surface area contributed by atoms with Gasteiger partial charge in [0.2, 0.25) is 0 Å². The first-order chi connectivity index (χ1) is 8.47. The van der Waals surface area contributed by atoms with Crippen LogP contribution >= 0.6 is 11.8 Å². The number of hydrogen-bond acceptors (Lipinski definition) is 3. The maximum Gasteiger partial charge on any atom is 0.416 e. The summed E-state index contributed by atoms with van der Waals surface area (Å²) in [7, 11) is 0. The average Bonchev–Trinajstić information content (AvgIpc) is 2.32. The van der Waals surface area contributed by atoms with Gasteiger partial charge in [-0.2, -0.15) is 24.9 Å². The van der Waals surface area contributed by atoms with Crippen LogP contribution < -0.4 is 10.5 Å². The highest BCUT2D eigenvalue weighted by Gasteiger charge is 2.31. The predicted octanol–water partition coefficient (Wildman–Crippen LogP) is 3.56. The molecule has 0 radical (unpaired) electrons. The maximum atomic E-state index is 12.5. The summed E-state index contributed by atoms with van der Waals surface area (Å²) in [5, 5.41) is 0. The van der Waals surface area contributed by atoms with Crippen LogP contribution in [0.4, 0.5) is 18.9 Å². The Kier molecular flexibility index (Phi) is 3.94. The molecule has 2 N–H and O–H groups in total. The zero-order valence-electron chi connectivity index (χ0n) is 9.67. The van der Waals surface area contributed by atoms with Crippen molar-refractivity contribution in [3.8, 4) is 5.75 Å². The number of halogens is 3. The predicted molar refractivity (Wildman–Crippen MR) is 66.8 cm³/mol. The molecule has 1 aliphatic rings. The minimum absolute atomic E-state index is 0.0445. The number of ether oxygens (including phenoxy) is 1. The van der Waals surface area contributed by atoms with Crippen LogP contribution in [0.15, 0.2) is 18.2 Å². The van der Waals surface area contributed by atoms with Crippen LogP contribution in [0.3, 0.4) is 0 Å². The van der Waals surface area contributed by atoms with E-state index >= 15 is 0 Å². The van der Waals surface area contributed by atoms with E-state index in [1.807, 2.05) is 11.8 Å². The largest absolute Gasteiger partial charge is 0.488 e. The Morgan fingerprint density at radius 2 is 1.89 bits per heavy atom. The van der Waals surface area contributed by atoms with E-state index in [9.17, 15) is 13.2 Å². The Balaban J connectivity index is 2.09. The molecule has 0 unspecified atom stereocenters. The van der Waals surface area contributed by atoms with E-state index in [4.69, 9.17) is 10.5 Å². The number of nitrogen functional groups attached to an aromatic ring is 1. The van der Waals surface area contributed by atoms with Crippen LogP contribution in [0.1, 0.15) is 18.4 Å². The molecule has 2 rings (SSSR count). The van der Waals surface area contributed by atoms with Gasteiger partial charge in [-0.15, -0.1) is 0 Å². The van der Waals surface area contributed by atoms with Crippen molar-refractivity contribution in [3.63, 3.8) is 0 Å². The lowest BCUT2D eigenvalue weighted by Crippen LogP contribution is -2.22. The van der Waals surface area contributed by atoms with E-state index in [0.29, 0.717) is 5.75 Å². The number of benzene rings is 1. The van der Waals surface area contributed by atoms with E-state index in [1.54, 1.807) is 0 Å². The SMILES string of the molecule is Nc1cc(C(F)(F)F)ccc1OC1CCSCC1. The number of anilines is 1. The Bertz CT molecular complexity index is 416. The van der Waals surface area contributed by atoms with Crippen molar-refractivity contribution >= 4 is 17.4 Å². The maximum absolute atomic E-state index is 12.5. The fraction of sp³-hybridized carbons (Fsp3) is 0.500. The third-order valence-electron chi connectivity index (χ3n) is 2.80. The summed E-state index contributed by atoms with van der Waals surface area (Å²) in [6.07, 6.45) is -2.49. The molecule has 2 nitrogen and oxygen atoms in total. The molecule has 100 valence electrons. The molecule has 1 fully saturated rings. The van der Waals surface area contributed by atoms with Crippen LogP contribution in [0.25, 0.3) is 0 Å². The Labute approximate surface area is 108 Å². The second-order valence-corrected chi connectivity index (χ2v) is 5.40. The topological polar surface area (TPSA) is 35.2 Å². The van der Waals surface area contributed by atoms with Gasteiger partial charge in [-0.1, -0.05) is 0 Å². The molecule has 0 spiro atoms. The van der Waals surface area contributed by atoms with Crippen LogP contribution in [-0.4, -0.2) is 17.6 Å². The number of thioether (sulfide) groups is 1. The first kappa shape index (κ1) is 13.4. The van der Waals surface area contributed by atoms with Gasteiger partial charge in [0.05, 0.1) is 11.3 Å². The summed E-state index contributed by atoms with van der Waals surface area (Å²) in [5.41, 5.74) is 4.91. The first-order valence-corrected chi connectivity index (χ1v) is 6.83. The highest BCUT2D eigenvalue weighted by atomic mass is 32.2. The zero-order chi connectivity index (χ0) is 13.2. The summed E-state index contributed by atoms with van der Waals surface area (Å²) in [5.74, 6) is 2.39. The van der Waals surface area contributed by atoms with E-state index < -0.39 is 11.7 Å². The molecule has 1 heterocycles. The van der Waals surface area contributed by atoms with Gasteiger partial charge < -0.3 is 10.5 Å². The van der Waals surface area contributed by atoms with Gasteiger partial charge in [0.1, 0.15) is 11.9 Å². The Hall–Kier alpha value is -1.04. The van der Waals surface area contributed by atoms with E-state index in [-0.39, 0.29) is 11.8 Å².